The summed E-state index contributed by atoms with van der Waals surface area (Å²) in [6.07, 6.45) is 0. The molecule has 1 aromatic heterocycles. The van der Waals surface area contributed by atoms with Gasteiger partial charge in [0.15, 0.2) is 6.61 Å². The molecular formula is C26H30N2O5. The van der Waals surface area contributed by atoms with Gasteiger partial charge in [-0.25, -0.2) is 4.79 Å². The van der Waals surface area contributed by atoms with Gasteiger partial charge in [0, 0.05) is 18.8 Å². The average Bonchev–Trinajstić information content (AvgIpc) is 3.11. The van der Waals surface area contributed by atoms with Crippen molar-refractivity contribution < 1.29 is 23.8 Å². The molecule has 2 aromatic carbocycles. The van der Waals surface area contributed by atoms with E-state index in [1.54, 1.807) is 18.9 Å². The Morgan fingerprint density at radius 1 is 0.939 bits per heavy atom. The van der Waals surface area contributed by atoms with Crippen LogP contribution in [0.5, 0.6) is 11.5 Å². The fourth-order valence-electron chi connectivity index (χ4n) is 3.56. The predicted molar refractivity (Wildman–Crippen MR) is 125 cm³/mol. The summed E-state index contributed by atoms with van der Waals surface area (Å²) in [6, 6.07) is 16.8. The van der Waals surface area contributed by atoms with Crippen molar-refractivity contribution in [2.24, 2.45) is 0 Å². The van der Waals surface area contributed by atoms with Gasteiger partial charge in [0.05, 0.1) is 13.7 Å². The molecule has 7 heteroatoms. The minimum Gasteiger partial charge on any atom is -0.497 e. The lowest BCUT2D eigenvalue weighted by Gasteiger charge is -2.24. The molecule has 7 nitrogen and oxygen atoms in total. The Hall–Kier alpha value is -3.74. The van der Waals surface area contributed by atoms with E-state index in [-0.39, 0.29) is 12.5 Å². The Morgan fingerprint density at radius 2 is 1.64 bits per heavy atom. The average molecular weight is 451 g/mol. The number of amides is 1. The zero-order valence-electron chi connectivity index (χ0n) is 19.5. The van der Waals surface area contributed by atoms with Gasteiger partial charge in [-0.15, -0.1) is 0 Å². The third kappa shape index (κ3) is 6.16. The highest BCUT2D eigenvalue weighted by atomic mass is 16.5. The molecule has 0 aliphatic heterocycles. The van der Waals surface area contributed by atoms with E-state index in [0.717, 1.165) is 28.1 Å². The molecule has 0 bridgehead atoms. The minimum absolute atomic E-state index is 0.0899. The molecule has 0 aliphatic carbocycles. The van der Waals surface area contributed by atoms with E-state index in [2.05, 4.69) is 4.98 Å². The first-order valence-electron chi connectivity index (χ1n) is 10.9. The van der Waals surface area contributed by atoms with Crippen LogP contribution in [-0.4, -0.2) is 42.1 Å². The van der Waals surface area contributed by atoms with Crippen molar-refractivity contribution >= 4 is 11.9 Å². The van der Waals surface area contributed by atoms with Gasteiger partial charge < -0.3 is 24.1 Å². The normalized spacial score (nSPS) is 10.5. The van der Waals surface area contributed by atoms with Crippen LogP contribution in [0, 0.1) is 13.8 Å². The van der Waals surface area contributed by atoms with Gasteiger partial charge in [0.1, 0.15) is 17.2 Å². The van der Waals surface area contributed by atoms with Crippen LogP contribution in [0.25, 0.3) is 0 Å². The first-order valence-corrected chi connectivity index (χ1v) is 10.9. The summed E-state index contributed by atoms with van der Waals surface area (Å²) in [5.74, 6) is 0.825. The number of aromatic nitrogens is 1. The second-order valence-electron chi connectivity index (χ2n) is 7.65. The molecule has 0 unspecified atom stereocenters. The lowest BCUT2D eigenvalue weighted by molar-refractivity contribution is -0.134. The standard InChI is InChI=1S/C26H30N2O5/c1-5-32-26(30)25-18(2)23(19(3)27-25)16-28(15-20-11-13-21(31-4)14-12-20)24(29)17-33-22-9-7-6-8-10-22/h6-14,27H,5,15-17H2,1-4H3. The molecule has 0 atom stereocenters. The first kappa shape index (κ1) is 23.9. The predicted octanol–water partition coefficient (Wildman–Crippen LogP) is 4.42. The third-order valence-corrected chi connectivity index (χ3v) is 5.41. The lowest BCUT2D eigenvalue weighted by Crippen LogP contribution is -2.34. The molecule has 1 heterocycles. The number of aryl methyl sites for hydroxylation is 1. The highest BCUT2D eigenvalue weighted by molar-refractivity contribution is 5.90. The molecule has 3 rings (SSSR count). The summed E-state index contributed by atoms with van der Waals surface area (Å²) in [5, 5.41) is 0. The molecule has 1 N–H and O–H groups in total. The Balaban J connectivity index is 1.83. The first-order chi connectivity index (χ1) is 15.9. The van der Waals surface area contributed by atoms with Crippen molar-refractivity contribution in [2.45, 2.75) is 33.9 Å². The summed E-state index contributed by atoms with van der Waals surface area (Å²) in [4.78, 5) is 30.3. The lowest BCUT2D eigenvalue weighted by atomic mass is 10.1. The number of rotatable bonds is 10. The van der Waals surface area contributed by atoms with Gasteiger partial charge in [-0.05, 0) is 61.7 Å². The second-order valence-corrected chi connectivity index (χ2v) is 7.65. The highest BCUT2D eigenvalue weighted by Gasteiger charge is 2.23. The number of H-pyrrole nitrogens is 1. The largest absolute Gasteiger partial charge is 0.497 e. The maximum absolute atomic E-state index is 13.2. The molecular weight excluding hydrogens is 420 g/mol. The molecule has 0 radical (unpaired) electrons. The molecule has 0 spiro atoms. The van der Waals surface area contributed by atoms with Crippen LogP contribution in [0.1, 0.15) is 39.8 Å². The number of para-hydroxylation sites is 1. The number of methoxy groups -OCH3 is 1. The fraction of sp³-hybridized carbons (Fsp3) is 0.308. The van der Waals surface area contributed by atoms with Crippen molar-refractivity contribution in [2.75, 3.05) is 20.3 Å². The Labute approximate surface area is 194 Å². The molecule has 1 amide bonds. The van der Waals surface area contributed by atoms with Gasteiger partial charge >= 0.3 is 5.97 Å². The Bertz CT molecular complexity index is 1070. The number of ether oxygens (including phenoxy) is 3. The van der Waals surface area contributed by atoms with E-state index in [9.17, 15) is 9.59 Å². The van der Waals surface area contributed by atoms with Gasteiger partial charge in [0.2, 0.25) is 0 Å². The molecule has 0 aliphatic rings. The number of carbonyl (C=O) groups excluding carboxylic acids is 2. The maximum Gasteiger partial charge on any atom is 0.355 e. The molecule has 3 aromatic rings. The van der Waals surface area contributed by atoms with Crippen molar-refractivity contribution in [3.05, 3.63) is 82.7 Å². The fourth-order valence-corrected chi connectivity index (χ4v) is 3.56. The zero-order chi connectivity index (χ0) is 23.8. The molecule has 0 saturated carbocycles. The van der Waals surface area contributed by atoms with Crippen LogP contribution in [0.4, 0.5) is 0 Å². The van der Waals surface area contributed by atoms with E-state index in [4.69, 9.17) is 14.2 Å². The van der Waals surface area contributed by atoms with Gasteiger partial charge in [-0.1, -0.05) is 30.3 Å². The van der Waals surface area contributed by atoms with Crippen LogP contribution in [0.3, 0.4) is 0 Å². The Kier molecular flexibility index (Phi) is 8.13. The van der Waals surface area contributed by atoms with E-state index < -0.39 is 5.97 Å². The maximum atomic E-state index is 13.2. The quantitative estimate of drug-likeness (QED) is 0.463. The van der Waals surface area contributed by atoms with Crippen LogP contribution < -0.4 is 9.47 Å². The summed E-state index contributed by atoms with van der Waals surface area (Å²) < 4.78 is 16.1. The number of hydrogen-bond donors (Lipinski definition) is 1. The molecule has 0 saturated heterocycles. The summed E-state index contributed by atoms with van der Waals surface area (Å²) in [6.45, 7) is 6.45. The van der Waals surface area contributed by atoms with Crippen molar-refractivity contribution in [3.63, 3.8) is 0 Å². The van der Waals surface area contributed by atoms with Crippen LogP contribution >= 0.6 is 0 Å². The van der Waals surface area contributed by atoms with E-state index >= 15 is 0 Å². The van der Waals surface area contributed by atoms with E-state index in [0.29, 0.717) is 31.1 Å². The van der Waals surface area contributed by atoms with Crippen molar-refractivity contribution in [3.8, 4) is 11.5 Å². The number of nitrogens with one attached hydrogen (secondary N) is 1. The zero-order valence-corrected chi connectivity index (χ0v) is 19.5. The molecule has 33 heavy (non-hydrogen) atoms. The number of aromatic amines is 1. The van der Waals surface area contributed by atoms with Crippen molar-refractivity contribution in [1.29, 1.82) is 0 Å². The minimum atomic E-state index is -0.398. The Morgan fingerprint density at radius 3 is 2.27 bits per heavy atom. The molecule has 174 valence electrons. The number of benzene rings is 2. The number of nitrogens with zero attached hydrogens (tertiary/aromatic N) is 1. The molecule has 0 fully saturated rings. The second kappa shape index (κ2) is 11.2. The van der Waals surface area contributed by atoms with Crippen LogP contribution in [-0.2, 0) is 22.6 Å². The SMILES string of the molecule is CCOC(=O)c1[nH]c(C)c(CN(Cc2ccc(OC)cc2)C(=O)COc2ccccc2)c1C. The number of carbonyl (C=O) groups is 2. The topological polar surface area (TPSA) is 80.9 Å². The van der Waals surface area contributed by atoms with Crippen LogP contribution in [0.15, 0.2) is 54.6 Å². The van der Waals surface area contributed by atoms with Crippen LogP contribution in [0.2, 0.25) is 0 Å². The van der Waals surface area contributed by atoms with Gasteiger partial charge in [0.25, 0.3) is 5.91 Å². The van der Waals surface area contributed by atoms with Gasteiger partial charge in [-0.3, -0.25) is 4.79 Å². The van der Waals surface area contributed by atoms with Crippen molar-refractivity contribution in [1.82, 2.24) is 9.88 Å². The summed E-state index contributed by atoms with van der Waals surface area (Å²) >= 11 is 0. The van der Waals surface area contributed by atoms with E-state index in [1.807, 2.05) is 68.4 Å². The third-order valence-electron chi connectivity index (χ3n) is 5.41. The van der Waals surface area contributed by atoms with E-state index in [1.165, 1.54) is 0 Å². The summed E-state index contributed by atoms with van der Waals surface area (Å²) in [5.41, 5.74) is 3.87. The highest BCUT2D eigenvalue weighted by Crippen LogP contribution is 2.23. The smallest absolute Gasteiger partial charge is 0.355 e. The summed E-state index contributed by atoms with van der Waals surface area (Å²) in [7, 11) is 1.62. The monoisotopic (exact) mass is 450 g/mol. The number of hydrogen-bond acceptors (Lipinski definition) is 5. The number of esters is 1. The van der Waals surface area contributed by atoms with Gasteiger partial charge in [-0.2, -0.15) is 0 Å².